The van der Waals surface area contributed by atoms with Gasteiger partial charge in [-0.25, -0.2) is 0 Å². The third-order valence-corrected chi connectivity index (χ3v) is 3.65. The molecule has 21 heavy (non-hydrogen) atoms. The summed E-state index contributed by atoms with van der Waals surface area (Å²) in [5.74, 6) is 1.43. The fraction of sp³-hybridized carbons (Fsp3) is 0.400. The fourth-order valence-corrected chi connectivity index (χ4v) is 2.63. The van der Waals surface area contributed by atoms with Crippen molar-refractivity contribution < 1.29 is 9.47 Å². The lowest BCUT2D eigenvalue weighted by molar-refractivity contribution is 0.282. The van der Waals surface area contributed by atoms with Crippen molar-refractivity contribution in [1.82, 2.24) is 15.1 Å². The van der Waals surface area contributed by atoms with Crippen LogP contribution in [-0.2, 0) is 19.7 Å². The second-order valence-corrected chi connectivity index (χ2v) is 5.49. The zero-order valence-electron chi connectivity index (χ0n) is 12.5. The third kappa shape index (κ3) is 3.98. The smallest absolute Gasteiger partial charge is 0.175 e. The van der Waals surface area contributed by atoms with Gasteiger partial charge in [0.15, 0.2) is 11.5 Å². The number of hydrogen-bond donors (Lipinski definition) is 1. The summed E-state index contributed by atoms with van der Waals surface area (Å²) >= 11 is 3.55. The van der Waals surface area contributed by atoms with Crippen molar-refractivity contribution >= 4 is 15.9 Å². The van der Waals surface area contributed by atoms with Gasteiger partial charge in [-0.1, -0.05) is 0 Å². The van der Waals surface area contributed by atoms with Crippen LogP contribution in [0.25, 0.3) is 0 Å². The molecule has 6 heteroatoms. The van der Waals surface area contributed by atoms with Gasteiger partial charge in [0, 0.05) is 24.8 Å². The van der Waals surface area contributed by atoms with E-state index in [4.69, 9.17) is 9.47 Å². The second-order valence-electron chi connectivity index (χ2n) is 4.63. The van der Waals surface area contributed by atoms with Crippen LogP contribution in [-0.4, -0.2) is 23.9 Å². The number of aryl methyl sites for hydroxylation is 1. The standard InChI is InChI=1S/C15H20BrN3O2/c1-4-19-9-12(8-18-19)10-21-15-13(16)5-11(7-17-2)6-14(15)20-3/h5-6,8-9,17H,4,7,10H2,1-3H3. The van der Waals surface area contributed by atoms with Crippen LogP contribution >= 0.6 is 15.9 Å². The number of halogens is 1. The molecule has 1 N–H and O–H groups in total. The van der Waals surface area contributed by atoms with Crippen LogP contribution in [0.15, 0.2) is 29.0 Å². The van der Waals surface area contributed by atoms with E-state index < -0.39 is 0 Å². The minimum Gasteiger partial charge on any atom is -0.493 e. The largest absolute Gasteiger partial charge is 0.493 e. The minimum atomic E-state index is 0.459. The molecule has 0 saturated carbocycles. The highest BCUT2D eigenvalue weighted by molar-refractivity contribution is 9.10. The number of hydrogen-bond acceptors (Lipinski definition) is 4. The molecule has 0 aliphatic carbocycles. The van der Waals surface area contributed by atoms with Crippen molar-refractivity contribution in [2.45, 2.75) is 26.6 Å². The summed E-state index contributed by atoms with van der Waals surface area (Å²) in [7, 11) is 3.56. The zero-order valence-corrected chi connectivity index (χ0v) is 14.1. The Hall–Kier alpha value is -1.53. The average Bonchev–Trinajstić information content (AvgIpc) is 2.94. The fourth-order valence-electron chi connectivity index (χ4n) is 2.03. The van der Waals surface area contributed by atoms with Crippen molar-refractivity contribution in [3.8, 4) is 11.5 Å². The molecule has 5 nitrogen and oxygen atoms in total. The first-order valence-electron chi connectivity index (χ1n) is 6.83. The summed E-state index contributed by atoms with van der Waals surface area (Å²) in [5.41, 5.74) is 2.16. The van der Waals surface area contributed by atoms with E-state index in [2.05, 4.69) is 33.3 Å². The molecule has 1 heterocycles. The van der Waals surface area contributed by atoms with Gasteiger partial charge in [0.2, 0.25) is 0 Å². The average molecular weight is 354 g/mol. The number of nitrogens with zero attached hydrogens (tertiary/aromatic N) is 2. The Morgan fingerprint density at radius 3 is 2.76 bits per heavy atom. The first kappa shape index (κ1) is 15.9. The van der Waals surface area contributed by atoms with Crippen molar-refractivity contribution in [2.24, 2.45) is 0 Å². The molecule has 114 valence electrons. The van der Waals surface area contributed by atoms with Crippen LogP contribution in [0.5, 0.6) is 11.5 Å². The molecule has 0 unspecified atom stereocenters. The maximum atomic E-state index is 5.89. The second kappa shape index (κ2) is 7.47. The van der Waals surface area contributed by atoms with E-state index in [1.165, 1.54) is 0 Å². The maximum absolute atomic E-state index is 5.89. The van der Waals surface area contributed by atoms with Gasteiger partial charge in [-0.2, -0.15) is 5.10 Å². The summed E-state index contributed by atoms with van der Waals surface area (Å²) in [5, 5.41) is 7.36. The van der Waals surface area contributed by atoms with Gasteiger partial charge in [0.05, 0.1) is 17.8 Å². The van der Waals surface area contributed by atoms with E-state index in [0.29, 0.717) is 12.4 Å². The highest BCUT2D eigenvalue weighted by Gasteiger charge is 2.12. The number of methoxy groups -OCH3 is 1. The summed E-state index contributed by atoms with van der Waals surface area (Å²) in [4.78, 5) is 0. The van der Waals surface area contributed by atoms with Crippen molar-refractivity contribution in [3.05, 3.63) is 40.1 Å². The molecule has 2 rings (SSSR count). The molecular weight excluding hydrogens is 334 g/mol. The Kier molecular flexibility index (Phi) is 5.64. The van der Waals surface area contributed by atoms with Gasteiger partial charge >= 0.3 is 0 Å². The SMILES string of the molecule is CCn1cc(COc2c(Br)cc(CNC)cc2OC)cn1. The highest BCUT2D eigenvalue weighted by Crippen LogP contribution is 2.37. The quantitative estimate of drug-likeness (QED) is 0.831. The van der Waals surface area contributed by atoms with Gasteiger partial charge in [0.25, 0.3) is 0 Å². The van der Waals surface area contributed by atoms with E-state index in [9.17, 15) is 0 Å². The molecule has 0 radical (unpaired) electrons. The lowest BCUT2D eigenvalue weighted by Crippen LogP contribution is -2.06. The number of ether oxygens (including phenoxy) is 2. The van der Waals surface area contributed by atoms with Crippen LogP contribution < -0.4 is 14.8 Å². The number of benzene rings is 1. The van der Waals surface area contributed by atoms with Crippen molar-refractivity contribution in [2.75, 3.05) is 14.2 Å². The Bertz CT molecular complexity index is 599. The molecule has 1 aromatic heterocycles. The topological polar surface area (TPSA) is 48.3 Å². The van der Waals surface area contributed by atoms with Crippen LogP contribution in [0, 0.1) is 0 Å². The first-order valence-corrected chi connectivity index (χ1v) is 7.62. The molecule has 1 aromatic carbocycles. The van der Waals surface area contributed by atoms with Crippen LogP contribution in [0.4, 0.5) is 0 Å². The van der Waals surface area contributed by atoms with E-state index in [1.807, 2.05) is 36.3 Å². The Labute approximate surface area is 133 Å². The number of rotatable bonds is 7. The maximum Gasteiger partial charge on any atom is 0.175 e. The lowest BCUT2D eigenvalue weighted by Gasteiger charge is -2.14. The predicted octanol–water partition coefficient (Wildman–Crippen LogP) is 2.97. The van der Waals surface area contributed by atoms with Crippen LogP contribution in [0.3, 0.4) is 0 Å². The monoisotopic (exact) mass is 353 g/mol. The first-order chi connectivity index (χ1) is 10.2. The molecule has 0 atom stereocenters. The van der Waals surface area contributed by atoms with Crippen LogP contribution in [0.1, 0.15) is 18.1 Å². The normalized spacial score (nSPS) is 10.7. The van der Waals surface area contributed by atoms with E-state index >= 15 is 0 Å². The van der Waals surface area contributed by atoms with E-state index in [1.54, 1.807) is 7.11 Å². The van der Waals surface area contributed by atoms with E-state index in [-0.39, 0.29) is 0 Å². The number of aromatic nitrogens is 2. The van der Waals surface area contributed by atoms with Gasteiger partial charge < -0.3 is 14.8 Å². The zero-order chi connectivity index (χ0) is 15.2. The van der Waals surface area contributed by atoms with Crippen molar-refractivity contribution in [1.29, 1.82) is 0 Å². The van der Waals surface area contributed by atoms with Gasteiger partial charge in [0.1, 0.15) is 6.61 Å². The molecular formula is C15H20BrN3O2. The summed E-state index contributed by atoms with van der Waals surface area (Å²) < 4.78 is 14.1. The number of nitrogens with one attached hydrogen (secondary N) is 1. The molecule has 0 bridgehead atoms. The predicted molar refractivity (Wildman–Crippen MR) is 85.7 cm³/mol. The lowest BCUT2D eigenvalue weighted by atomic mass is 10.2. The van der Waals surface area contributed by atoms with Gasteiger partial charge in [-0.05, 0) is 47.6 Å². The highest BCUT2D eigenvalue weighted by atomic mass is 79.9. The molecule has 2 aromatic rings. The van der Waals surface area contributed by atoms with Gasteiger partial charge in [-0.15, -0.1) is 0 Å². The summed E-state index contributed by atoms with van der Waals surface area (Å²) in [6.45, 7) is 4.14. The van der Waals surface area contributed by atoms with Crippen molar-refractivity contribution in [3.63, 3.8) is 0 Å². The van der Waals surface area contributed by atoms with Crippen LogP contribution in [0.2, 0.25) is 0 Å². The molecule has 0 amide bonds. The molecule has 0 saturated heterocycles. The third-order valence-electron chi connectivity index (χ3n) is 3.06. The molecule has 0 spiro atoms. The Morgan fingerprint density at radius 2 is 2.14 bits per heavy atom. The summed E-state index contributed by atoms with van der Waals surface area (Å²) in [6.07, 6.45) is 3.80. The molecule has 0 aliphatic rings. The molecule has 0 fully saturated rings. The summed E-state index contributed by atoms with van der Waals surface area (Å²) in [6, 6.07) is 4.01. The Morgan fingerprint density at radius 1 is 1.33 bits per heavy atom. The van der Waals surface area contributed by atoms with Gasteiger partial charge in [-0.3, -0.25) is 4.68 Å². The Balaban J connectivity index is 2.14. The minimum absolute atomic E-state index is 0.459. The molecule has 0 aliphatic heterocycles. The van der Waals surface area contributed by atoms with E-state index in [0.717, 1.165) is 34.4 Å².